The van der Waals surface area contributed by atoms with Crippen LogP contribution in [0.4, 0.5) is 0 Å². The minimum absolute atomic E-state index is 0.0431. The van der Waals surface area contributed by atoms with Crippen LogP contribution < -0.4 is 4.74 Å². The van der Waals surface area contributed by atoms with E-state index >= 15 is 0 Å². The van der Waals surface area contributed by atoms with E-state index < -0.39 is 5.60 Å². The molecule has 21 heavy (non-hydrogen) atoms. The number of rotatable bonds is 2. The SMILES string of the molecule is COc1cccc(C(=O)N2CCC3(O)CCCCC3C2)c1. The van der Waals surface area contributed by atoms with Crippen molar-refractivity contribution >= 4 is 5.91 Å². The summed E-state index contributed by atoms with van der Waals surface area (Å²) >= 11 is 0. The van der Waals surface area contributed by atoms with E-state index in [2.05, 4.69) is 0 Å². The van der Waals surface area contributed by atoms with Crippen molar-refractivity contribution in [2.75, 3.05) is 20.2 Å². The number of fused-ring (bicyclic) bond motifs is 1. The molecule has 1 saturated carbocycles. The monoisotopic (exact) mass is 289 g/mol. The fourth-order valence-corrected chi connectivity index (χ4v) is 3.69. The van der Waals surface area contributed by atoms with E-state index in [4.69, 9.17) is 4.74 Å². The summed E-state index contributed by atoms with van der Waals surface area (Å²) in [7, 11) is 1.60. The average Bonchev–Trinajstić information content (AvgIpc) is 2.53. The molecule has 2 aliphatic rings. The van der Waals surface area contributed by atoms with Crippen LogP contribution in [0.25, 0.3) is 0 Å². The number of carbonyl (C=O) groups is 1. The molecular weight excluding hydrogens is 266 g/mol. The second kappa shape index (κ2) is 5.68. The maximum absolute atomic E-state index is 12.6. The lowest BCUT2D eigenvalue weighted by molar-refractivity contribution is -0.0886. The molecule has 2 fully saturated rings. The maximum Gasteiger partial charge on any atom is 0.254 e. The van der Waals surface area contributed by atoms with Crippen LogP contribution >= 0.6 is 0 Å². The summed E-state index contributed by atoms with van der Waals surface area (Å²) in [5, 5.41) is 10.7. The summed E-state index contributed by atoms with van der Waals surface area (Å²) in [4.78, 5) is 14.5. The van der Waals surface area contributed by atoms with Gasteiger partial charge in [0.2, 0.25) is 0 Å². The molecule has 4 heteroatoms. The molecule has 1 N–H and O–H groups in total. The summed E-state index contributed by atoms with van der Waals surface area (Å²) in [6, 6.07) is 7.29. The molecule has 0 bridgehead atoms. The summed E-state index contributed by atoms with van der Waals surface area (Å²) in [6.45, 7) is 1.32. The van der Waals surface area contributed by atoms with Crippen LogP contribution in [0.1, 0.15) is 42.5 Å². The first-order valence-corrected chi connectivity index (χ1v) is 7.78. The highest BCUT2D eigenvalue weighted by molar-refractivity contribution is 5.94. The molecule has 0 spiro atoms. The van der Waals surface area contributed by atoms with Crippen LogP contribution in [0.5, 0.6) is 5.75 Å². The van der Waals surface area contributed by atoms with Crippen molar-refractivity contribution in [1.82, 2.24) is 4.90 Å². The number of nitrogens with zero attached hydrogens (tertiary/aromatic N) is 1. The molecule has 1 amide bonds. The second-order valence-electron chi connectivity index (χ2n) is 6.28. The summed E-state index contributed by atoms with van der Waals surface area (Å²) in [5.41, 5.74) is 0.124. The maximum atomic E-state index is 12.6. The molecule has 0 radical (unpaired) electrons. The Labute approximate surface area is 125 Å². The van der Waals surface area contributed by atoms with Crippen LogP contribution in [0.3, 0.4) is 0 Å². The summed E-state index contributed by atoms with van der Waals surface area (Å²) < 4.78 is 5.18. The van der Waals surface area contributed by atoms with Gasteiger partial charge in [0.25, 0.3) is 5.91 Å². The third-order valence-corrected chi connectivity index (χ3v) is 5.03. The van der Waals surface area contributed by atoms with Crippen LogP contribution in [0.2, 0.25) is 0 Å². The van der Waals surface area contributed by atoms with Gasteiger partial charge in [-0.1, -0.05) is 18.9 Å². The summed E-state index contributed by atoms with van der Waals surface area (Å²) in [5.74, 6) is 0.975. The minimum Gasteiger partial charge on any atom is -0.497 e. The van der Waals surface area contributed by atoms with Gasteiger partial charge in [0, 0.05) is 24.6 Å². The number of hydrogen-bond donors (Lipinski definition) is 1. The van der Waals surface area contributed by atoms with E-state index in [0.717, 1.165) is 25.7 Å². The topological polar surface area (TPSA) is 49.8 Å². The first-order valence-electron chi connectivity index (χ1n) is 7.78. The van der Waals surface area contributed by atoms with Crippen LogP contribution in [-0.2, 0) is 0 Å². The van der Waals surface area contributed by atoms with Crippen LogP contribution in [-0.4, -0.2) is 41.7 Å². The van der Waals surface area contributed by atoms with Gasteiger partial charge in [-0.15, -0.1) is 0 Å². The molecule has 1 aromatic rings. The molecule has 1 aromatic carbocycles. The van der Waals surface area contributed by atoms with Gasteiger partial charge in [-0.25, -0.2) is 0 Å². The Balaban J connectivity index is 1.74. The average molecular weight is 289 g/mol. The Kier molecular flexibility index (Phi) is 3.89. The number of amides is 1. The number of piperidine rings is 1. The number of carbonyl (C=O) groups excluding carboxylic acids is 1. The normalized spacial score (nSPS) is 28.9. The highest BCUT2D eigenvalue weighted by atomic mass is 16.5. The lowest BCUT2D eigenvalue weighted by Crippen LogP contribution is -2.54. The molecule has 3 rings (SSSR count). The molecule has 2 atom stereocenters. The van der Waals surface area contributed by atoms with E-state index in [1.807, 2.05) is 23.1 Å². The van der Waals surface area contributed by atoms with E-state index in [1.54, 1.807) is 13.2 Å². The highest BCUT2D eigenvalue weighted by Gasteiger charge is 2.43. The van der Waals surface area contributed by atoms with Gasteiger partial charge in [0.1, 0.15) is 5.75 Å². The molecule has 1 aliphatic carbocycles. The lowest BCUT2D eigenvalue weighted by atomic mass is 9.71. The minimum atomic E-state index is -0.538. The van der Waals surface area contributed by atoms with Crippen molar-refractivity contribution in [1.29, 1.82) is 0 Å². The Hall–Kier alpha value is -1.55. The molecule has 2 unspecified atom stereocenters. The van der Waals surface area contributed by atoms with Gasteiger partial charge in [0.15, 0.2) is 0 Å². The Morgan fingerprint density at radius 3 is 3.05 bits per heavy atom. The van der Waals surface area contributed by atoms with Crippen LogP contribution in [0.15, 0.2) is 24.3 Å². The molecule has 114 valence electrons. The molecule has 4 nitrogen and oxygen atoms in total. The number of methoxy groups -OCH3 is 1. The number of hydrogen-bond acceptors (Lipinski definition) is 3. The first-order chi connectivity index (χ1) is 10.1. The van der Waals surface area contributed by atoms with Crippen molar-refractivity contribution in [3.63, 3.8) is 0 Å². The molecule has 0 aromatic heterocycles. The zero-order chi connectivity index (χ0) is 14.9. The number of benzene rings is 1. The van der Waals surface area contributed by atoms with Crippen molar-refractivity contribution in [2.45, 2.75) is 37.7 Å². The first kappa shape index (κ1) is 14.4. The molecular formula is C17H23NO3. The Bertz CT molecular complexity index is 531. The Morgan fingerprint density at radius 1 is 1.38 bits per heavy atom. The van der Waals surface area contributed by atoms with Crippen molar-refractivity contribution in [2.24, 2.45) is 5.92 Å². The quantitative estimate of drug-likeness (QED) is 0.910. The van der Waals surface area contributed by atoms with Crippen molar-refractivity contribution < 1.29 is 14.6 Å². The van der Waals surface area contributed by atoms with Gasteiger partial charge in [-0.05, 0) is 37.5 Å². The zero-order valence-corrected chi connectivity index (χ0v) is 12.5. The third-order valence-electron chi connectivity index (χ3n) is 5.03. The highest BCUT2D eigenvalue weighted by Crippen LogP contribution is 2.40. The number of aliphatic hydroxyl groups is 1. The van der Waals surface area contributed by atoms with Crippen molar-refractivity contribution in [3.05, 3.63) is 29.8 Å². The van der Waals surface area contributed by atoms with Gasteiger partial charge >= 0.3 is 0 Å². The van der Waals surface area contributed by atoms with Gasteiger partial charge < -0.3 is 14.7 Å². The molecule has 1 heterocycles. The van der Waals surface area contributed by atoms with E-state index in [9.17, 15) is 9.90 Å². The predicted molar refractivity (Wildman–Crippen MR) is 80.4 cm³/mol. The fourth-order valence-electron chi connectivity index (χ4n) is 3.69. The zero-order valence-electron chi connectivity index (χ0n) is 12.5. The van der Waals surface area contributed by atoms with E-state index in [1.165, 1.54) is 0 Å². The predicted octanol–water partition coefficient (Wildman–Crippen LogP) is 2.46. The standard InChI is InChI=1S/C17H23NO3/c1-21-15-7-4-5-13(11-15)16(19)18-10-9-17(20)8-3-2-6-14(17)12-18/h4-5,7,11,14,20H,2-3,6,8-10,12H2,1H3. The van der Waals surface area contributed by atoms with E-state index in [-0.39, 0.29) is 11.8 Å². The summed E-state index contributed by atoms with van der Waals surface area (Å²) in [6.07, 6.45) is 4.88. The smallest absolute Gasteiger partial charge is 0.254 e. The number of ether oxygens (including phenoxy) is 1. The second-order valence-corrected chi connectivity index (χ2v) is 6.28. The lowest BCUT2D eigenvalue weighted by Gasteiger charge is -2.47. The molecule has 1 aliphatic heterocycles. The number of likely N-dealkylation sites (tertiary alicyclic amines) is 1. The Morgan fingerprint density at radius 2 is 2.24 bits per heavy atom. The van der Waals surface area contributed by atoms with Crippen LogP contribution in [0, 0.1) is 5.92 Å². The van der Waals surface area contributed by atoms with Gasteiger partial charge in [-0.3, -0.25) is 4.79 Å². The van der Waals surface area contributed by atoms with E-state index in [0.29, 0.717) is 30.8 Å². The van der Waals surface area contributed by atoms with Crippen molar-refractivity contribution in [3.8, 4) is 5.75 Å². The molecule has 1 saturated heterocycles. The van der Waals surface area contributed by atoms with Gasteiger partial charge in [-0.2, -0.15) is 0 Å². The fraction of sp³-hybridized carbons (Fsp3) is 0.588. The van der Waals surface area contributed by atoms with Gasteiger partial charge in [0.05, 0.1) is 12.7 Å². The largest absolute Gasteiger partial charge is 0.497 e. The third kappa shape index (κ3) is 2.77.